The number of carboxylic acid groups (broad SMARTS) is 3. The van der Waals surface area contributed by atoms with E-state index in [1.807, 2.05) is 18.3 Å². The van der Waals surface area contributed by atoms with Crippen molar-refractivity contribution in [3.8, 4) is 0 Å². The largest absolute Gasteiger partial charge is 0.490 e. The minimum absolute atomic E-state index is 0.0683. The van der Waals surface area contributed by atoms with Gasteiger partial charge in [-0.25, -0.2) is 14.4 Å². The third kappa shape index (κ3) is 15.0. The van der Waals surface area contributed by atoms with Crippen LogP contribution in [0.1, 0.15) is 18.4 Å². The quantitative estimate of drug-likeness (QED) is 0.343. The predicted molar refractivity (Wildman–Crippen MR) is 135 cm³/mol. The molecule has 0 radical (unpaired) electrons. The van der Waals surface area contributed by atoms with Crippen molar-refractivity contribution in [2.45, 2.75) is 50.1 Å². The summed E-state index contributed by atoms with van der Waals surface area (Å²) in [5.74, 6) is -7.87. The number of likely N-dealkylation sites (tertiary alicyclic amines) is 1. The van der Waals surface area contributed by atoms with Crippen molar-refractivity contribution in [1.82, 2.24) is 14.9 Å². The molecule has 21 heteroatoms. The molecule has 2 aromatic heterocycles. The lowest BCUT2D eigenvalue weighted by atomic mass is 9.91. The zero-order chi connectivity index (χ0) is 35.3. The Morgan fingerprint density at radius 3 is 1.72 bits per heavy atom. The van der Waals surface area contributed by atoms with Crippen molar-refractivity contribution in [3.63, 3.8) is 0 Å². The predicted octanol–water partition coefficient (Wildman–Crippen LogP) is 3.99. The molecule has 0 aliphatic carbocycles. The SMILES string of the molecule is O=C(Nc1cccnc1)[C@@H]1C[C@@H]2CCN(Cc3cccnc3)C[C@@H]2O1.O=C(O)C(F)(F)F.O=C(O)C(F)(F)F.O=C(O)C(F)(F)F. The summed E-state index contributed by atoms with van der Waals surface area (Å²) in [5.41, 5.74) is 1.92. The maximum Gasteiger partial charge on any atom is 0.490 e. The van der Waals surface area contributed by atoms with Crippen LogP contribution in [-0.2, 0) is 30.5 Å². The van der Waals surface area contributed by atoms with Gasteiger partial charge in [-0.3, -0.25) is 19.7 Å². The summed E-state index contributed by atoms with van der Waals surface area (Å²) in [5, 5.41) is 24.3. The summed E-state index contributed by atoms with van der Waals surface area (Å²) in [6, 6.07) is 7.70. The van der Waals surface area contributed by atoms with Crippen LogP contribution in [0, 0.1) is 5.92 Å². The summed E-state index contributed by atoms with van der Waals surface area (Å²) in [4.78, 5) is 49.7. The number of anilines is 1. The summed E-state index contributed by atoms with van der Waals surface area (Å²) in [6.45, 7) is 2.79. The molecule has 0 bridgehead atoms. The van der Waals surface area contributed by atoms with E-state index < -0.39 is 36.4 Å². The lowest BCUT2D eigenvalue weighted by Gasteiger charge is -2.33. The number of ether oxygens (including phenoxy) is 1. The Hall–Kier alpha value is -4.53. The van der Waals surface area contributed by atoms with Gasteiger partial charge in [0, 0.05) is 31.7 Å². The molecule has 3 atom stereocenters. The Morgan fingerprint density at radius 1 is 0.826 bits per heavy atom. The molecule has 12 nitrogen and oxygen atoms in total. The van der Waals surface area contributed by atoms with Crippen LogP contribution in [0.25, 0.3) is 0 Å². The molecule has 4 heterocycles. The van der Waals surface area contributed by atoms with E-state index >= 15 is 0 Å². The number of amides is 1. The lowest BCUT2D eigenvalue weighted by Crippen LogP contribution is -2.41. The van der Waals surface area contributed by atoms with Gasteiger partial charge in [-0.15, -0.1) is 0 Å². The van der Waals surface area contributed by atoms with Gasteiger partial charge in [0.25, 0.3) is 5.91 Å². The monoisotopic (exact) mass is 680 g/mol. The highest BCUT2D eigenvalue weighted by molar-refractivity contribution is 5.94. The molecular formula is C25H25F9N4O8. The van der Waals surface area contributed by atoms with E-state index in [2.05, 4.69) is 26.3 Å². The van der Waals surface area contributed by atoms with Crippen LogP contribution in [0.3, 0.4) is 0 Å². The molecule has 0 spiro atoms. The van der Waals surface area contributed by atoms with Gasteiger partial charge in [0.15, 0.2) is 0 Å². The van der Waals surface area contributed by atoms with Crippen molar-refractivity contribution >= 4 is 29.5 Å². The second-order valence-electron chi connectivity index (χ2n) is 9.18. The number of alkyl halides is 9. The van der Waals surface area contributed by atoms with Crippen LogP contribution in [-0.4, -0.2) is 97.8 Å². The number of fused-ring (bicyclic) bond motifs is 1. The lowest BCUT2D eigenvalue weighted by molar-refractivity contribution is -0.193. The van der Waals surface area contributed by atoms with Crippen molar-refractivity contribution < 1.29 is 78.7 Å². The van der Waals surface area contributed by atoms with Crippen LogP contribution in [0.15, 0.2) is 49.1 Å². The standard InChI is InChI=1S/C19H22N4O2.3C2HF3O2/c24-19(22-16-4-2-7-21-11-16)17-9-15-5-8-23(13-18(15)25-17)12-14-3-1-6-20-10-14;3*3-2(4,5)1(6)7/h1-4,6-7,10-11,15,17-18H,5,8-9,12-13H2,(H,22,24);3*(H,6,7)/t15-,17-,18-;;;/m0.../s1. The number of halogens is 9. The van der Waals surface area contributed by atoms with Crippen molar-refractivity contribution in [2.24, 2.45) is 5.92 Å². The molecule has 2 fully saturated rings. The van der Waals surface area contributed by atoms with E-state index in [4.69, 9.17) is 34.4 Å². The van der Waals surface area contributed by atoms with E-state index in [0.29, 0.717) is 11.6 Å². The summed E-state index contributed by atoms with van der Waals surface area (Å²) >= 11 is 0. The molecular weight excluding hydrogens is 655 g/mol. The normalized spacial score (nSPS) is 19.4. The Morgan fingerprint density at radius 2 is 1.30 bits per heavy atom. The topological polar surface area (TPSA) is 179 Å². The van der Waals surface area contributed by atoms with Crippen LogP contribution in [0.5, 0.6) is 0 Å². The second-order valence-corrected chi connectivity index (χ2v) is 9.18. The number of rotatable bonds is 4. The molecule has 256 valence electrons. The molecule has 2 aliphatic rings. The number of piperidine rings is 1. The summed E-state index contributed by atoms with van der Waals surface area (Å²) in [7, 11) is 0. The summed E-state index contributed by atoms with van der Waals surface area (Å²) in [6.07, 6.45) is -6.57. The van der Waals surface area contributed by atoms with Gasteiger partial charge in [-0.1, -0.05) is 6.07 Å². The van der Waals surface area contributed by atoms with Crippen LogP contribution >= 0.6 is 0 Å². The molecule has 2 aliphatic heterocycles. The Bertz CT molecular complexity index is 1220. The van der Waals surface area contributed by atoms with Crippen molar-refractivity contribution in [2.75, 3.05) is 18.4 Å². The average Bonchev–Trinajstić information content (AvgIpc) is 3.37. The number of carboxylic acids is 3. The maximum atomic E-state index is 12.4. The maximum absolute atomic E-state index is 12.4. The van der Waals surface area contributed by atoms with E-state index in [0.717, 1.165) is 32.5 Å². The minimum Gasteiger partial charge on any atom is -0.475 e. The molecule has 1 amide bonds. The van der Waals surface area contributed by atoms with E-state index in [-0.39, 0.29) is 18.1 Å². The molecule has 0 aromatic carbocycles. The van der Waals surface area contributed by atoms with Gasteiger partial charge >= 0.3 is 36.4 Å². The number of hydrogen-bond donors (Lipinski definition) is 4. The number of pyridine rings is 2. The van der Waals surface area contributed by atoms with Gasteiger partial charge in [-0.05, 0) is 49.1 Å². The summed E-state index contributed by atoms with van der Waals surface area (Å²) < 4.78 is 101. The zero-order valence-corrected chi connectivity index (χ0v) is 23.0. The second kappa shape index (κ2) is 17.2. The first-order valence-corrected chi connectivity index (χ1v) is 12.5. The van der Waals surface area contributed by atoms with E-state index in [1.165, 1.54) is 5.56 Å². The van der Waals surface area contributed by atoms with Gasteiger partial charge in [-0.2, -0.15) is 39.5 Å². The number of nitrogens with one attached hydrogen (secondary N) is 1. The van der Waals surface area contributed by atoms with E-state index in [1.54, 1.807) is 24.7 Å². The van der Waals surface area contributed by atoms with Crippen molar-refractivity contribution in [1.29, 1.82) is 0 Å². The smallest absolute Gasteiger partial charge is 0.475 e. The molecule has 2 aromatic rings. The number of carbonyl (C=O) groups excluding carboxylic acids is 1. The number of carbonyl (C=O) groups is 4. The fourth-order valence-corrected chi connectivity index (χ4v) is 3.72. The molecule has 4 N–H and O–H groups in total. The molecule has 2 saturated heterocycles. The zero-order valence-electron chi connectivity index (χ0n) is 23.0. The highest BCUT2D eigenvalue weighted by atomic mass is 19.4. The molecule has 4 rings (SSSR count). The van der Waals surface area contributed by atoms with Crippen LogP contribution in [0.4, 0.5) is 45.2 Å². The molecule has 0 unspecified atom stereocenters. The third-order valence-electron chi connectivity index (χ3n) is 5.71. The number of aromatic nitrogens is 2. The highest BCUT2D eigenvalue weighted by Gasteiger charge is 2.42. The number of hydrogen-bond acceptors (Lipinski definition) is 8. The molecule has 0 saturated carbocycles. The van der Waals surface area contributed by atoms with E-state index in [9.17, 15) is 44.3 Å². The van der Waals surface area contributed by atoms with Gasteiger partial charge in [0.05, 0.1) is 18.0 Å². The van der Waals surface area contributed by atoms with Gasteiger partial charge in [0.1, 0.15) is 6.10 Å². The number of nitrogens with zero attached hydrogens (tertiary/aromatic N) is 3. The average molecular weight is 680 g/mol. The Labute approximate surface area is 252 Å². The minimum atomic E-state index is -5.08. The Balaban J connectivity index is 0.000000413. The van der Waals surface area contributed by atoms with Gasteiger partial charge in [0.2, 0.25) is 0 Å². The first-order chi connectivity index (χ1) is 21.1. The van der Waals surface area contributed by atoms with Crippen LogP contribution < -0.4 is 5.32 Å². The highest BCUT2D eigenvalue weighted by Crippen LogP contribution is 2.34. The third-order valence-corrected chi connectivity index (χ3v) is 5.71. The first kappa shape index (κ1) is 39.5. The molecule has 46 heavy (non-hydrogen) atoms. The number of aliphatic carboxylic acids is 3. The fraction of sp³-hybridized carbons (Fsp3) is 0.440. The van der Waals surface area contributed by atoms with Crippen LogP contribution in [0.2, 0.25) is 0 Å². The Kier molecular flexibility index (Phi) is 14.8. The van der Waals surface area contributed by atoms with Crippen molar-refractivity contribution in [3.05, 3.63) is 54.6 Å². The first-order valence-electron chi connectivity index (χ1n) is 12.5. The fourth-order valence-electron chi connectivity index (χ4n) is 3.72. The van der Waals surface area contributed by atoms with Gasteiger partial charge < -0.3 is 25.4 Å².